The van der Waals surface area contributed by atoms with Crippen LogP contribution in [-0.4, -0.2) is 49.4 Å². The molecule has 10 heteroatoms. The van der Waals surface area contributed by atoms with Gasteiger partial charge in [0.25, 0.3) is 5.56 Å². The van der Waals surface area contributed by atoms with Crippen LogP contribution in [0.3, 0.4) is 0 Å². The fraction of sp³-hybridized carbons (Fsp3) is 0.211. The van der Waals surface area contributed by atoms with Gasteiger partial charge in [-0.15, -0.1) is 0 Å². The van der Waals surface area contributed by atoms with Crippen LogP contribution in [0.5, 0.6) is 5.75 Å². The van der Waals surface area contributed by atoms with Crippen LogP contribution in [0.25, 0.3) is 11.0 Å². The number of sulfonamides is 1. The maximum absolute atomic E-state index is 12.5. The van der Waals surface area contributed by atoms with Crippen molar-refractivity contribution in [3.8, 4) is 5.75 Å². The van der Waals surface area contributed by atoms with Crippen LogP contribution in [0.2, 0.25) is 0 Å². The van der Waals surface area contributed by atoms with Gasteiger partial charge >= 0.3 is 0 Å². The molecule has 152 valence electrons. The van der Waals surface area contributed by atoms with Crippen LogP contribution < -0.4 is 15.6 Å². The van der Waals surface area contributed by atoms with Crippen molar-refractivity contribution in [2.75, 3.05) is 26.5 Å². The number of para-hydroxylation sites is 2. The number of carbonyl (C=O) groups is 1. The van der Waals surface area contributed by atoms with Gasteiger partial charge in [0.1, 0.15) is 17.2 Å². The molecular formula is C19H20N4O5S. The van der Waals surface area contributed by atoms with Crippen LogP contribution in [0.15, 0.2) is 58.4 Å². The second kappa shape index (κ2) is 8.02. The van der Waals surface area contributed by atoms with Crippen molar-refractivity contribution in [1.82, 2.24) is 13.9 Å². The van der Waals surface area contributed by atoms with Crippen LogP contribution >= 0.6 is 0 Å². The van der Waals surface area contributed by atoms with E-state index in [1.54, 1.807) is 24.3 Å². The molecule has 0 spiro atoms. The van der Waals surface area contributed by atoms with Gasteiger partial charge in [-0.3, -0.25) is 14.2 Å². The van der Waals surface area contributed by atoms with Gasteiger partial charge < -0.3 is 10.1 Å². The average Bonchev–Trinajstić information content (AvgIpc) is 2.70. The first-order valence-corrected chi connectivity index (χ1v) is 10.0. The Morgan fingerprint density at radius 1 is 1.21 bits per heavy atom. The maximum atomic E-state index is 12.5. The molecule has 0 aliphatic heterocycles. The lowest BCUT2D eigenvalue weighted by molar-refractivity contribution is -0.116. The Morgan fingerprint density at radius 3 is 2.62 bits per heavy atom. The minimum Gasteiger partial charge on any atom is -0.495 e. The van der Waals surface area contributed by atoms with E-state index in [1.165, 1.54) is 44.0 Å². The molecule has 0 atom stereocenters. The topological polar surface area (TPSA) is 111 Å². The second-order valence-corrected chi connectivity index (χ2v) is 8.49. The smallest absolute Gasteiger partial charge is 0.269 e. The highest BCUT2D eigenvalue weighted by atomic mass is 32.2. The SMILES string of the molecule is COc1ccc(NC(=O)Cn2c(=O)cnc3ccccc32)cc1S(=O)(=O)N(C)C. The van der Waals surface area contributed by atoms with Crippen molar-refractivity contribution in [3.63, 3.8) is 0 Å². The second-order valence-electron chi connectivity index (χ2n) is 6.37. The zero-order valence-corrected chi connectivity index (χ0v) is 16.9. The summed E-state index contributed by atoms with van der Waals surface area (Å²) in [5.74, 6) is -0.324. The van der Waals surface area contributed by atoms with Gasteiger partial charge in [-0.25, -0.2) is 17.7 Å². The minimum absolute atomic E-state index is 0.0747. The first-order chi connectivity index (χ1) is 13.7. The molecule has 3 rings (SSSR count). The monoisotopic (exact) mass is 416 g/mol. The van der Waals surface area contributed by atoms with Crippen molar-refractivity contribution in [2.45, 2.75) is 11.4 Å². The Kier molecular flexibility index (Phi) is 5.66. The van der Waals surface area contributed by atoms with Crippen molar-refractivity contribution >= 4 is 32.7 Å². The number of nitrogens with zero attached hydrogens (tertiary/aromatic N) is 3. The molecule has 29 heavy (non-hydrogen) atoms. The van der Waals surface area contributed by atoms with Crippen LogP contribution in [0.4, 0.5) is 5.69 Å². The summed E-state index contributed by atoms with van der Waals surface area (Å²) in [6.45, 7) is -0.246. The molecule has 1 N–H and O–H groups in total. The quantitative estimate of drug-likeness (QED) is 0.648. The van der Waals surface area contributed by atoms with E-state index in [1.807, 2.05) is 0 Å². The highest BCUT2D eigenvalue weighted by Crippen LogP contribution is 2.28. The standard InChI is InChI=1S/C19H20N4O5S/c1-22(2)29(26,27)17-10-13(8-9-16(17)28-3)21-18(24)12-23-15-7-5-4-6-14(15)20-11-19(23)25/h4-11H,12H2,1-3H3,(H,21,24). The summed E-state index contributed by atoms with van der Waals surface area (Å²) >= 11 is 0. The summed E-state index contributed by atoms with van der Waals surface area (Å²) < 4.78 is 32.5. The minimum atomic E-state index is -3.78. The van der Waals surface area contributed by atoms with E-state index in [4.69, 9.17) is 4.74 Å². The van der Waals surface area contributed by atoms with Crippen molar-refractivity contribution in [3.05, 3.63) is 59.0 Å². The van der Waals surface area contributed by atoms with E-state index in [0.29, 0.717) is 11.0 Å². The van der Waals surface area contributed by atoms with Gasteiger partial charge in [0.2, 0.25) is 15.9 Å². The summed E-state index contributed by atoms with van der Waals surface area (Å²) in [4.78, 5) is 28.7. The first-order valence-electron chi connectivity index (χ1n) is 8.59. The third-order valence-corrected chi connectivity index (χ3v) is 6.10. The molecule has 0 unspecified atom stereocenters. The number of amides is 1. The van der Waals surface area contributed by atoms with Crippen molar-refractivity contribution < 1.29 is 17.9 Å². The first kappa shape index (κ1) is 20.5. The van der Waals surface area contributed by atoms with Gasteiger partial charge in [0, 0.05) is 19.8 Å². The molecule has 1 aromatic heterocycles. The molecule has 0 fully saturated rings. The maximum Gasteiger partial charge on any atom is 0.269 e. The number of nitrogens with one attached hydrogen (secondary N) is 1. The number of fused-ring (bicyclic) bond motifs is 1. The van der Waals surface area contributed by atoms with E-state index in [2.05, 4.69) is 10.3 Å². The lowest BCUT2D eigenvalue weighted by Gasteiger charge is -2.16. The van der Waals surface area contributed by atoms with Crippen LogP contribution in [0, 0.1) is 0 Å². The van der Waals surface area contributed by atoms with Gasteiger partial charge in [-0.1, -0.05) is 12.1 Å². The normalized spacial score (nSPS) is 11.6. The number of hydrogen-bond donors (Lipinski definition) is 1. The summed E-state index contributed by atoms with van der Waals surface area (Å²) in [5.41, 5.74) is 0.969. The molecule has 0 bridgehead atoms. The fourth-order valence-electron chi connectivity index (χ4n) is 2.77. The van der Waals surface area contributed by atoms with Crippen LogP contribution in [-0.2, 0) is 21.4 Å². The third kappa shape index (κ3) is 4.13. The number of benzene rings is 2. The summed E-state index contributed by atoms with van der Waals surface area (Å²) in [6.07, 6.45) is 1.16. The number of hydrogen-bond acceptors (Lipinski definition) is 6. The third-order valence-electron chi connectivity index (χ3n) is 4.26. The number of anilines is 1. The fourth-order valence-corrected chi connectivity index (χ4v) is 3.85. The highest BCUT2D eigenvalue weighted by Gasteiger charge is 2.23. The highest BCUT2D eigenvalue weighted by molar-refractivity contribution is 7.89. The Morgan fingerprint density at radius 2 is 1.93 bits per heavy atom. The van der Waals surface area contributed by atoms with Gasteiger partial charge in [-0.2, -0.15) is 0 Å². The van der Waals surface area contributed by atoms with Gasteiger partial charge in [0.05, 0.1) is 24.3 Å². The van der Waals surface area contributed by atoms with Crippen LogP contribution in [0.1, 0.15) is 0 Å². The lowest BCUT2D eigenvalue weighted by atomic mass is 10.3. The largest absolute Gasteiger partial charge is 0.495 e. The Bertz CT molecular complexity index is 1230. The zero-order valence-electron chi connectivity index (χ0n) is 16.1. The summed E-state index contributed by atoms with van der Waals surface area (Å²) in [6, 6.07) is 11.3. The van der Waals surface area contributed by atoms with E-state index in [0.717, 1.165) is 10.5 Å². The summed E-state index contributed by atoms with van der Waals surface area (Å²) in [7, 11) is 0.393. The van der Waals surface area contributed by atoms with E-state index < -0.39 is 21.5 Å². The van der Waals surface area contributed by atoms with E-state index in [-0.39, 0.29) is 22.9 Å². The van der Waals surface area contributed by atoms with E-state index >= 15 is 0 Å². The zero-order chi connectivity index (χ0) is 21.2. The molecule has 0 saturated heterocycles. The van der Waals surface area contributed by atoms with Crippen molar-refractivity contribution in [2.24, 2.45) is 0 Å². The number of rotatable bonds is 6. The molecular weight excluding hydrogens is 396 g/mol. The number of methoxy groups -OCH3 is 1. The number of carbonyl (C=O) groups excluding carboxylic acids is 1. The molecule has 0 radical (unpaired) electrons. The number of ether oxygens (including phenoxy) is 1. The molecule has 0 aliphatic rings. The predicted molar refractivity (Wildman–Crippen MR) is 108 cm³/mol. The molecule has 0 saturated carbocycles. The summed E-state index contributed by atoms with van der Waals surface area (Å²) in [5, 5.41) is 2.63. The van der Waals surface area contributed by atoms with Gasteiger partial charge in [0.15, 0.2) is 0 Å². The van der Waals surface area contributed by atoms with Gasteiger partial charge in [-0.05, 0) is 30.3 Å². The molecule has 0 aliphatic carbocycles. The molecule has 1 heterocycles. The average molecular weight is 416 g/mol. The molecule has 9 nitrogen and oxygen atoms in total. The molecule has 3 aromatic rings. The van der Waals surface area contributed by atoms with Crippen molar-refractivity contribution in [1.29, 1.82) is 0 Å². The Labute approximate surface area is 167 Å². The Hall–Kier alpha value is -3.24. The Balaban J connectivity index is 1.91. The lowest BCUT2D eigenvalue weighted by Crippen LogP contribution is -2.28. The molecule has 1 amide bonds. The predicted octanol–water partition coefficient (Wildman–Crippen LogP) is 1.29. The molecule has 2 aromatic carbocycles. The number of aromatic nitrogens is 2. The van der Waals surface area contributed by atoms with E-state index in [9.17, 15) is 18.0 Å².